The molecule has 1 spiro atoms. The SMILES string of the molecule is C[C@H]1CC[C@@]2(OC1)O[C@H]1CC3[C@@H]4CC=C5C[C@@H](O[C@@H]6O[C@H](CNC(=O)COc7ccccc7)[C@@H](O[C@H]7O[C@H](C)[C@@H](O)[C@H](O)[C@@H]7O)[C@H](O)[C@H]6O[C@H]6O[C@H](C)[C@@H](O)[C@H](O)[C@@H]6O)CC[C@]5(C)[C@H]4CC[C@]3(C)[C@H]1[C@@H]2C. The standard InChI is InChI=1S/C53H79NO17/c1-25-14-19-53(64-23-25)26(2)38-35(71-53)21-34-32-13-12-29-20-31(15-17-51(29,5)33(32)16-18-52(34,38)6)67-50-47(70-49-44(61)42(59)40(57)28(4)66-49)45(62)46(69-48-43(60)41(58)39(56)27(3)65-48)36(68-50)22-54-37(55)24-63-30-10-8-7-9-11-30/h7-12,25-28,31-36,38-50,56-62H,13-24H2,1-6H3,(H,54,55)/t25-,26-,27+,28+,31-,32+,33-,34?,35-,36+,38-,39+,40+,41-,42-,43-,44-,45-,46+,47+,48+,49+,50+,51-,52-,53+/m0/s1. The summed E-state index contributed by atoms with van der Waals surface area (Å²) in [7, 11) is 0. The summed E-state index contributed by atoms with van der Waals surface area (Å²) in [5, 5.41) is 79.9. The van der Waals surface area contributed by atoms with Crippen LogP contribution in [0.5, 0.6) is 5.75 Å². The van der Waals surface area contributed by atoms with E-state index in [9.17, 15) is 40.5 Å². The smallest absolute Gasteiger partial charge is 0.258 e. The Labute approximate surface area is 416 Å². The average molecular weight is 1000 g/mol. The van der Waals surface area contributed by atoms with E-state index in [0.29, 0.717) is 54.1 Å². The van der Waals surface area contributed by atoms with Gasteiger partial charge in [-0.1, -0.05) is 57.5 Å². The zero-order valence-corrected chi connectivity index (χ0v) is 41.9. The van der Waals surface area contributed by atoms with E-state index in [1.54, 1.807) is 24.3 Å². The van der Waals surface area contributed by atoms with Crippen LogP contribution < -0.4 is 10.1 Å². The van der Waals surface area contributed by atoms with Gasteiger partial charge in [0.1, 0.15) is 66.8 Å². The predicted octanol–water partition coefficient (Wildman–Crippen LogP) is 2.44. The fourth-order valence-corrected chi connectivity index (χ4v) is 14.9. The monoisotopic (exact) mass is 1000 g/mol. The minimum absolute atomic E-state index is 0.0577. The summed E-state index contributed by atoms with van der Waals surface area (Å²) in [5.41, 5.74) is 1.45. The molecule has 5 saturated heterocycles. The first-order valence-corrected chi connectivity index (χ1v) is 26.5. The van der Waals surface area contributed by atoms with E-state index in [1.807, 2.05) is 6.07 Å². The number of hydrogen-bond acceptors (Lipinski definition) is 17. The number of carbonyl (C=O) groups excluding carboxylic acids is 1. The molecule has 0 radical (unpaired) electrons. The first-order valence-electron chi connectivity index (χ1n) is 26.5. The van der Waals surface area contributed by atoms with Gasteiger partial charge in [-0.25, -0.2) is 0 Å². The second-order valence-electron chi connectivity index (χ2n) is 23.3. The summed E-state index contributed by atoms with van der Waals surface area (Å²) in [6, 6.07) is 8.81. The lowest BCUT2D eigenvalue weighted by Gasteiger charge is -2.59. The highest BCUT2D eigenvalue weighted by Crippen LogP contribution is 2.70. The van der Waals surface area contributed by atoms with E-state index in [-0.39, 0.29) is 30.1 Å². The summed E-state index contributed by atoms with van der Waals surface area (Å²) < 4.78 is 57.0. The van der Waals surface area contributed by atoms with Crippen molar-refractivity contribution in [1.29, 1.82) is 0 Å². The Morgan fingerprint density at radius 3 is 2.07 bits per heavy atom. The van der Waals surface area contributed by atoms with Crippen LogP contribution in [-0.2, 0) is 42.7 Å². The molecule has 0 aromatic heterocycles. The van der Waals surface area contributed by atoms with Gasteiger partial charge in [-0.05, 0) is 118 Å². The molecule has 26 atom stereocenters. The fourth-order valence-electron chi connectivity index (χ4n) is 14.9. The van der Waals surface area contributed by atoms with Crippen molar-refractivity contribution in [2.45, 2.75) is 209 Å². The molecule has 18 heteroatoms. The lowest BCUT2D eigenvalue weighted by molar-refractivity contribution is -0.386. The minimum atomic E-state index is -1.76. The number of fused-ring (bicyclic) bond motifs is 7. The lowest BCUT2D eigenvalue weighted by atomic mass is 9.47. The van der Waals surface area contributed by atoms with Crippen LogP contribution in [0.1, 0.15) is 99.3 Å². The summed E-state index contributed by atoms with van der Waals surface area (Å²) in [6.45, 7) is 12.8. The minimum Gasteiger partial charge on any atom is -0.484 e. The summed E-state index contributed by atoms with van der Waals surface area (Å²) in [5.74, 6) is 2.45. The molecular weight excluding hydrogens is 923 g/mol. The van der Waals surface area contributed by atoms with Crippen LogP contribution in [0, 0.1) is 46.3 Å². The van der Waals surface area contributed by atoms with Crippen LogP contribution in [0.4, 0.5) is 0 Å². The Bertz CT molecular complexity index is 2040. The second-order valence-corrected chi connectivity index (χ2v) is 23.3. The van der Waals surface area contributed by atoms with Gasteiger partial charge < -0.3 is 83.7 Å². The highest BCUT2D eigenvalue weighted by atomic mass is 16.8. The molecule has 8 N–H and O–H groups in total. The zero-order chi connectivity index (χ0) is 50.3. The van der Waals surface area contributed by atoms with Crippen molar-refractivity contribution in [1.82, 2.24) is 5.32 Å². The van der Waals surface area contributed by atoms with Crippen LogP contribution in [0.2, 0.25) is 0 Å². The molecular formula is C53H79NO17. The van der Waals surface area contributed by atoms with Crippen molar-refractivity contribution in [2.75, 3.05) is 19.8 Å². The number of nitrogens with one attached hydrogen (secondary N) is 1. The van der Waals surface area contributed by atoms with Crippen LogP contribution in [0.3, 0.4) is 0 Å². The molecule has 5 aliphatic heterocycles. The molecule has 0 bridgehead atoms. The van der Waals surface area contributed by atoms with Crippen LogP contribution >= 0.6 is 0 Å². The number of ether oxygens (including phenoxy) is 9. The van der Waals surface area contributed by atoms with Crippen LogP contribution in [-0.4, -0.2) is 172 Å². The highest BCUT2D eigenvalue weighted by molar-refractivity contribution is 5.77. The summed E-state index contributed by atoms with van der Waals surface area (Å²) in [6.07, 6.45) is -11.3. The summed E-state index contributed by atoms with van der Waals surface area (Å²) >= 11 is 0. The van der Waals surface area contributed by atoms with Crippen molar-refractivity contribution in [2.24, 2.45) is 46.3 Å². The van der Waals surface area contributed by atoms with Gasteiger partial charge in [-0.2, -0.15) is 0 Å². The first-order chi connectivity index (χ1) is 33.8. The van der Waals surface area contributed by atoms with Crippen LogP contribution in [0.15, 0.2) is 42.0 Å². The Balaban J connectivity index is 0.883. The predicted molar refractivity (Wildman–Crippen MR) is 251 cm³/mol. The molecule has 1 aromatic carbocycles. The van der Waals surface area contributed by atoms with Gasteiger partial charge in [0.15, 0.2) is 31.3 Å². The summed E-state index contributed by atoms with van der Waals surface area (Å²) in [4.78, 5) is 13.3. The van der Waals surface area contributed by atoms with E-state index in [2.05, 4.69) is 39.1 Å². The van der Waals surface area contributed by atoms with Gasteiger partial charge in [-0.3, -0.25) is 4.79 Å². The third-order valence-corrected chi connectivity index (χ3v) is 19.1. The maximum Gasteiger partial charge on any atom is 0.258 e. The van der Waals surface area contributed by atoms with Gasteiger partial charge >= 0.3 is 0 Å². The number of aliphatic hydroxyl groups excluding tert-OH is 7. The van der Waals surface area contributed by atoms with Gasteiger partial charge in [0.05, 0.1) is 31.0 Å². The number of para-hydroxylation sites is 1. The molecule has 9 aliphatic rings. The van der Waals surface area contributed by atoms with Gasteiger partial charge in [0.25, 0.3) is 5.91 Å². The molecule has 71 heavy (non-hydrogen) atoms. The molecule has 10 rings (SSSR count). The number of hydrogen-bond donors (Lipinski definition) is 8. The van der Waals surface area contributed by atoms with Crippen molar-refractivity contribution in [3.63, 3.8) is 0 Å². The van der Waals surface area contributed by atoms with Crippen molar-refractivity contribution in [3.8, 4) is 5.75 Å². The molecule has 5 heterocycles. The maximum atomic E-state index is 13.3. The van der Waals surface area contributed by atoms with Crippen molar-refractivity contribution in [3.05, 3.63) is 42.0 Å². The number of rotatable bonds is 11. The number of aliphatic hydroxyl groups is 7. The van der Waals surface area contributed by atoms with E-state index in [1.165, 1.54) is 19.4 Å². The third-order valence-electron chi connectivity index (χ3n) is 19.1. The first kappa shape index (κ1) is 52.1. The Hall–Kier alpha value is -2.37. The Kier molecular flexibility index (Phi) is 14.9. The normalized spacial score (nSPS) is 51.6. The van der Waals surface area contributed by atoms with Gasteiger partial charge in [0.2, 0.25) is 0 Å². The quantitative estimate of drug-likeness (QED) is 0.148. The highest BCUT2D eigenvalue weighted by Gasteiger charge is 2.69. The molecule has 1 amide bonds. The van der Waals surface area contributed by atoms with Crippen molar-refractivity contribution < 1.29 is 83.2 Å². The molecule has 18 nitrogen and oxygen atoms in total. The lowest BCUT2D eigenvalue weighted by Crippen LogP contribution is -2.67. The van der Waals surface area contributed by atoms with Crippen LogP contribution in [0.25, 0.3) is 0 Å². The molecule has 1 unspecified atom stereocenters. The number of carbonyl (C=O) groups is 1. The third kappa shape index (κ3) is 9.44. The van der Waals surface area contributed by atoms with Crippen molar-refractivity contribution >= 4 is 5.91 Å². The largest absolute Gasteiger partial charge is 0.484 e. The maximum absolute atomic E-state index is 13.3. The zero-order valence-electron chi connectivity index (χ0n) is 41.9. The molecule has 3 saturated carbocycles. The Morgan fingerprint density at radius 1 is 0.732 bits per heavy atom. The molecule has 398 valence electrons. The van der Waals surface area contributed by atoms with E-state index < -0.39 is 110 Å². The van der Waals surface area contributed by atoms with E-state index >= 15 is 0 Å². The molecule has 4 aliphatic carbocycles. The van der Waals surface area contributed by atoms with Gasteiger partial charge in [-0.15, -0.1) is 0 Å². The Morgan fingerprint density at radius 2 is 1.41 bits per heavy atom. The van der Waals surface area contributed by atoms with E-state index in [0.717, 1.165) is 51.6 Å². The second kappa shape index (κ2) is 20.3. The number of benzene rings is 1. The number of amides is 1. The van der Waals surface area contributed by atoms with E-state index in [4.69, 9.17) is 42.6 Å². The fraction of sp³-hybridized carbons (Fsp3) is 0.830. The molecule has 1 aromatic rings. The molecule has 8 fully saturated rings. The number of allylic oxidation sites excluding steroid dienone is 1. The topological polar surface area (TPSA) is 254 Å². The average Bonchev–Trinajstić information content (AvgIpc) is 3.81. The van der Waals surface area contributed by atoms with Gasteiger partial charge in [0, 0.05) is 18.9 Å².